The minimum Gasteiger partial charge on any atom is -0.265 e. The van der Waals surface area contributed by atoms with Gasteiger partial charge in [0.1, 0.15) is 0 Å². The van der Waals surface area contributed by atoms with E-state index in [2.05, 4.69) is 47.9 Å². The van der Waals surface area contributed by atoms with Crippen LogP contribution in [0.5, 0.6) is 0 Å². The Morgan fingerprint density at radius 1 is 1.22 bits per heavy atom. The Morgan fingerprint density at radius 3 is 2.56 bits per heavy atom. The fraction of sp³-hybridized carbons (Fsp3) is 0.400. The molecule has 18 heavy (non-hydrogen) atoms. The highest BCUT2D eigenvalue weighted by molar-refractivity contribution is 6.17. The first-order chi connectivity index (χ1) is 8.74. The highest BCUT2D eigenvalue weighted by atomic mass is 35.5. The maximum atomic E-state index is 5.95. The van der Waals surface area contributed by atoms with Crippen LogP contribution < -0.4 is 0 Å². The summed E-state index contributed by atoms with van der Waals surface area (Å²) in [6, 6.07) is 8.60. The summed E-state index contributed by atoms with van der Waals surface area (Å²) in [5.74, 6) is 0.545. The predicted octanol–water partition coefficient (Wildman–Crippen LogP) is 3.93. The lowest BCUT2D eigenvalue weighted by atomic mass is 10.1. The summed E-state index contributed by atoms with van der Waals surface area (Å²) in [7, 11) is 0. The van der Waals surface area contributed by atoms with Crippen molar-refractivity contribution in [2.24, 2.45) is 0 Å². The molecule has 0 N–H and O–H groups in total. The van der Waals surface area contributed by atoms with Gasteiger partial charge >= 0.3 is 0 Å². The molecule has 2 nitrogen and oxygen atoms in total. The number of hydrogen-bond donors (Lipinski definition) is 0. The average molecular weight is 263 g/mol. The van der Waals surface area contributed by atoms with Crippen molar-refractivity contribution in [1.29, 1.82) is 0 Å². The molecule has 1 aromatic carbocycles. The number of nitrogens with zero attached hydrogens (tertiary/aromatic N) is 2. The summed E-state index contributed by atoms with van der Waals surface area (Å²) in [5, 5.41) is 4.46. The highest BCUT2D eigenvalue weighted by Gasteiger charge is 2.09. The van der Waals surface area contributed by atoms with Crippen molar-refractivity contribution >= 4 is 11.6 Å². The van der Waals surface area contributed by atoms with Crippen molar-refractivity contribution in [3.63, 3.8) is 0 Å². The van der Waals surface area contributed by atoms with E-state index in [1.807, 2.05) is 6.20 Å². The zero-order valence-electron chi connectivity index (χ0n) is 11.0. The van der Waals surface area contributed by atoms with Gasteiger partial charge in [0.25, 0.3) is 0 Å². The lowest BCUT2D eigenvalue weighted by molar-refractivity contribution is 0.636. The van der Waals surface area contributed by atoms with Crippen LogP contribution in [-0.4, -0.2) is 9.78 Å². The molecule has 0 aliphatic rings. The molecule has 0 saturated heterocycles. The summed E-state index contributed by atoms with van der Waals surface area (Å²) < 4.78 is 2.08. The van der Waals surface area contributed by atoms with E-state index in [0.29, 0.717) is 5.88 Å². The van der Waals surface area contributed by atoms with E-state index >= 15 is 0 Å². The molecule has 0 radical (unpaired) electrons. The molecule has 3 heteroatoms. The summed E-state index contributed by atoms with van der Waals surface area (Å²) in [5.41, 5.74) is 5.00. The average Bonchev–Trinajstić information content (AvgIpc) is 2.75. The Bertz CT molecular complexity index is 500. The van der Waals surface area contributed by atoms with Gasteiger partial charge in [-0.15, -0.1) is 11.6 Å². The first-order valence-corrected chi connectivity index (χ1v) is 6.93. The largest absolute Gasteiger partial charge is 0.265 e. The van der Waals surface area contributed by atoms with E-state index in [0.717, 1.165) is 24.9 Å². The first-order valence-electron chi connectivity index (χ1n) is 6.39. The van der Waals surface area contributed by atoms with E-state index in [1.165, 1.54) is 16.8 Å². The molecule has 0 fully saturated rings. The minimum atomic E-state index is 0.545. The molecule has 96 valence electrons. The molecule has 2 aromatic rings. The van der Waals surface area contributed by atoms with Crippen LogP contribution in [-0.2, 0) is 18.8 Å². The van der Waals surface area contributed by atoms with Gasteiger partial charge in [0.15, 0.2) is 0 Å². The molecule has 0 bridgehead atoms. The van der Waals surface area contributed by atoms with Gasteiger partial charge in [0.2, 0.25) is 0 Å². The molecule has 0 unspecified atom stereocenters. The van der Waals surface area contributed by atoms with Crippen LogP contribution in [0.4, 0.5) is 0 Å². The quantitative estimate of drug-likeness (QED) is 0.747. The van der Waals surface area contributed by atoms with Crippen LogP contribution in [0.3, 0.4) is 0 Å². The second kappa shape index (κ2) is 6.05. The van der Waals surface area contributed by atoms with Crippen molar-refractivity contribution in [2.45, 2.75) is 39.1 Å². The normalized spacial score (nSPS) is 10.8. The van der Waals surface area contributed by atoms with E-state index in [1.54, 1.807) is 0 Å². The predicted molar refractivity (Wildman–Crippen MR) is 76.1 cm³/mol. The Labute approximate surface area is 114 Å². The van der Waals surface area contributed by atoms with E-state index in [-0.39, 0.29) is 0 Å². The number of benzene rings is 1. The fourth-order valence-electron chi connectivity index (χ4n) is 2.09. The number of halogens is 1. The smallest absolute Gasteiger partial charge is 0.0662 e. The van der Waals surface area contributed by atoms with Gasteiger partial charge in [-0.2, -0.15) is 5.10 Å². The third-order valence-electron chi connectivity index (χ3n) is 3.12. The monoisotopic (exact) mass is 262 g/mol. The zero-order valence-corrected chi connectivity index (χ0v) is 11.7. The fourth-order valence-corrected chi connectivity index (χ4v) is 2.31. The van der Waals surface area contributed by atoms with Gasteiger partial charge in [0.05, 0.1) is 18.6 Å². The van der Waals surface area contributed by atoms with Gasteiger partial charge in [-0.05, 0) is 18.9 Å². The van der Waals surface area contributed by atoms with Crippen LogP contribution >= 0.6 is 11.6 Å². The summed E-state index contributed by atoms with van der Waals surface area (Å²) in [6.07, 6.45) is 4.05. The van der Waals surface area contributed by atoms with Gasteiger partial charge in [-0.3, -0.25) is 4.68 Å². The number of aromatic nitrogens is 2. The third-order valence-corrected chi connectivity index (χ3v) is 3.41. The van der Waals surface area contributed by atoms with Gasteiger partial charge in [0, 0.05) is 11.3 Å². The Balaban J connectivity index is 2.22. The highest BCUT2D eigenvalue weighted by Crippen LogP contribution is 2.15. The topological polar surface area (TPSA) is 17.8 Å². The Morgan fingerprint density at radius 2 is 1.94 bits per heavy atom. The van der Waals surface area contributed by atoms with E-state index in [4.69, 9.17) is 11.6 Å². The second-order valence-corrected chi connectivity index (χ2v) is 4.91. The summed E-state index contributed by atoms with van der Waals surface area (Å²) in [6.45, 7) is 5.11. The minimum absolute atomic E-state index is 0.545. The van der Waals surface area contributed by atoms with Gasteiger partial charge in [-0.25, -0.2) is 0 Å². The van der Waals surface area contributed by atoms with E-state index in [9.17, 15) is 0 Å². The standard InChI is InChI=1S/C15H19ClN2/c1-3-4-15-14(9-16)10-17-18(15)11-13-7-5-12(2)6-8-13/h5-8,10H,3-4,9,11H2,1-2H3. The van der Waals surface area contributed by atoms with Crippen molar-refractivity contribution in [1.82, 2.24) is 9.78 Å². The first kappa shape index (κ1) is 13.2. The number of alkyl halides is 1. The molecule has 1 heterocycles. The molecule has 0 atom stereocenters. The summed E-state index contributed by atoms with van der Waals surface area (Å²) >= 11 is 5.95. The molecule has 0 spiro atoms. The van der Waals surface area contributed by atoms with Crippen molar-refractivity contribution in [3.8, 4) is 0 Å². The lowest BCUT2D eigenvalue weighted by Gasteiger charge is -2.08. The Kier molecular flexibility index (Phi) is 4.43. The van der Waals surface area contributed by atoms with Crippen molar-refractivity contribution in [2.75, 3.05) is 0 Å². The van der Waals surface area contributed by atoms with Crippen LogP contribution in [0.1, 0.15) is 35.7 Å². The number of aryl methyl sites for hydroxylation is 1. The lowest BCUT2D eigenvalue weighted by Crippen LogP contribution is -2.07. The van der Waals surface area contributed by atoms with Crippen LogP contribution in [0.15, 0.2) is 30.5 Å². The second-order valence-electron chi connectivity index (χ2n) is 4.64. The maximum Gasteiger partial charge on any atom is 0.0662 e. The van der Waals surface area contributed by atoms with Crippen LogP contribution in [0.25, 0.3) is 0 Å². The SMILES string of the molecule is CCCc1c(CCl)cnn1Cc1ccc(C)cc1. The van der Waals surface area contributed by atoms with Crippen molar-refractivity contribution < 1.29 is 0 Å². The molecular formula is C15H19ClN2. The zero-order chi connectivity index (χ0) is 13.0. The molecule has 2 rings (SSSR count). The molecular weight excluding hydrogens is 244 g/mol. The van der Waals surface area contributed by atoms with Crippen LogP contribution in [0, 0.1) is 6.92 Å². The maximum absolute atomic E-state index is 5.95. The molecule has 0 aliphatic carbocycles. The van der Waals surface area contributed by atoms with Gasteiger partial charge < -0.3 is 0 Å². The van der Waals surface area contributed by atoms with Crippen LogP contribution in [0.2, 0.25) is 0 Å². The molecule has 1 aromatic heterocycles. The molecule has 0 saturated carbocycles. The summed E-state index contributed by atoms with van der Waals surface area (Å²) in [4.78, 5) is 0. The number of rotatable bonds is 5. The van der Waals surface area contributed by atoms with Crippen molar-refractivity contribution in [3.05, 3.63) is 52.8 Å². The van der Waals surface area contributed by atoms with E-state index < -0.39 is 0 Å². The van der Waals surface area contributed by atoms with Gasteiger partial charge in [-0.1, -0.05) is 43.2 Å². The Hall–Kier alpha value is -1.28. The third kappa shape index (κ3) is 2.94. The number of hydrogen-bond acceptors (Lipinski definition) is 1. The molecule has 0 amide bonds. The molecule has 0 aliphatic heterocycles.